The van der Waals surface area contributed by atoms with Crippen LogP contribution in [0.25, 0.3) is 0 Å². The molecule has 0 bridgehead atoms. The van der Waals surface area contributed by atoms with Gasteiger partial charge < -0.3 is 9.47 Å². The number of carbonyl (C=O) groups excluding carboxylic acids is 1. The van der Waals surface area contributed by atoms with Crippen molar-refractivity contribution in [1.29, 1.82) is 0 Å². The molecule has 26 heavy (non-hydrogen) atoms. The lowest BCUT2D eigenvalue weighted by atomic mass is 10.0. The van der Waals surface area contributed by atoms with E-state index in [1.54, 1.807) is 11.6 Å². The number of nitrogens with one attached hydrogen (secondary N) is 1. The summed E-state index contributed by atoms with van der Waals surface area (Å²) in [4.78, 5) is 15.0. The predicted molar refractivity (Wildman–Crippen MR) is 100 cm³/mol. The highest BCUT2D eigenvalue weighted by Crippen LogP contribution is 2.25. The molecule has 1 aliphatic rings. The minimum absolute atomic E-state index is 0.0967. The van der Waals surface area contributed by atoms with Crippen molar-refractivity contribution >= 4 is 15.9 Å². The van der Waals surface area contributed by atoms with Crippen molar-refractivity contribution < 1.29 is 13.2 Å². The topological polar surface area (TPSA) is 71.4 Å². The van der Waals surface area contributed by atoms with Crippen LogP contribution < -0.4 is 4.72 Å². The molecule has 1 N–H and O–H groups in total. The van der Waals surface area contributed by atoms with Crippen LogP contribution >= 0.6 is 0 Å². The van der Waals surface area contributed by atoms with Crippen molar-refractivity contribution in [3.63, 3.8) is 0 Å². The molecule has 1 saturated heterocycles. The standard InChI is InChI=1S/C19H25N3O3S/c1-20-26(24,25)17-13-18(21(2)14-17)19(23)22-12-6-9-16(22)11-10-15-7-4-3-5-8-15/h3-5,7-8,13-14,16,20H,6,9-12H2,1-2H3. The molecule has 2 aromatic rings. The summed E-state index contributed by atoms with van der Waals surface area (Å²) < 4.78 is 27.9. The normalized spacial score (nSPS) is 17.6. The summed E-state index contributed by atoms with van der Waals surface area (Å²) in [6, 6.07) is 11.9. The molecule has 7 heteroatoms. The summed E-state index contributed by atoms with van der Waals surface area (Å²) in [6.45, 7) is 0.720. The molecule has 1 aromatic carbocycles. The smallest absolute Gasteiger partial charge is 0.270 e. The van der Waals surface area contributed by atoms with Crippen molar-refractivity contribution in [1.82, 2.24) is 14.2 Å². The Hall–Kier alpha value is -2.12. The van der Waals surface area contributed by atoms with Gasteiger partial charge in [-0.25, -0.2) is 13.1 Å². The second-order valence-corrected chi connectivity index (χ2v) is 8.58. The Balaban J connectivity index is 1.74. The lowest BCUT2D eigenvalue weighted by Crippen LogP contribution is -2.36. The van der Waals surface area contributed by atoms with Gasteiger partial charge in [0.1, 0.15) is 10.6 Å². The summed E-state index contributed by atoms with van der Waals surface area (Å²) in [5, 5.41) is 0. The number of aryl methyl sites for hydroxylation is 2. The van der Waals surface area contributed by atoms with Gasteiger partial charge in [0.15, 0.2) is 0 Å². The fraction of sp³-hybridized carbons (Fsp3) is 0.421. The van der Waals surface area contributed by atoms with Gasteiger partial charge in [-0.3, -0.25) is 4.79 Å². The van der Waals surface area contributed by atoms with Crippen molar-refractivity contribution in [3.05, 3.63) is 53.9 Å². The number of benzene rings is 1. The lowest BCUT2D eigenvalue weighted by Gasteiger charge is -2.25. The van der Waals surface area contributed by atoms with Crippen LogP contribution in [-0.2, 0) is 23.5 Å². The average Bonchev–Trinajstić information content (AvgIpc) is 3.27. The van der Waals surface area contributed by atoms with Crippen LogP contribution in [-0.4, -0.2) is 43.4 Å². The minimum Gasteiger partial charge on any atom is -0.345 e. The van der Waals surface area contributed by atoms with Gasteiger partial charge in [-0.05, 0) is 44.4 Å². The molecule has 1 aromatic heterocycles. The van der Waals surface area contributed by atoms with E-state index in [-0.39, 0.29) is 16.8 Å². The number of hydrogen-bond donors (Lipinski definition) is 1. The summed E-state index contributed by atoms with van der Waals surface area (Å²) in [6.07, 6.45) is 5.31. The molecule has 1 amide bonds. The Kier molecular flexibility index (Phi) is 5.48. The molecule has 1 unspecified atom stereocenters. The monoisotopic (exact) mass is 375 g/mol. The van der Waals surface area contributed by atoms with E-state index >= 15 is 0 Å². The Bertz CT molecular complexity index is 875. The highest BCUT2D eigenvalue weighted by molar-refractivity contribution is 7.89. The van der Waals surface area contributed by atoms with Gasteiger partial charge >= 0.3 is 0 Å². The predicted octanol–water partition coefficient (Wildman–Crippen LogP) is 2.17. The summed E-state index contributed by atoms with van der Waals surface area (Å²) in [7, 11) is -0.488. The molecular weight excluding hydrogens is 350 g/mol. The van der Waals surface area contributed by atoms with E-state index < -0.39 is 10.0 Å². The van der Waals surface area contributed by atoms with Crippen LogP contribution in [0.3, 0.4) is 0 Å². The highest BCUT2D eigenvalue weighted by Gasteiger charge is 2.31. The van der Waals surface area contributed by atoms with Gasteiger partial charge in [0, 0.05) is 25.8 Å². The van der Waals surface area contributed by atoms with Gasteiger partial charge in [0.2, 0.25) is 10.0 Å². The average molecular weight is 375 g/mol. The molecule has 3 rings (SSSR count). The van der Waals surface area contributed by atoms with Crippen LogP contribution in [0.4, 0.5) is 0 Å². The number of amides is 1. The number of carbonyl (C=O) groups is 1. The number of hydrogen-bond acceptors (Lipinski definition) is 3. The van der Waals surface area contributed by atoms with Crippen molar-refractivity contribution in [2.24, 2.45) is 7.05 Å². The molecule has 1 atom stereocenters. The Labute approximate surface area is 154 Å². The molecule has 0 radical (unpaired) electrons. The number of likely N-dealkylation sites (tertiary alicyclic amines) is 1. The molecule has 6 nitrogen and oxygen atoms in total. The molecule has 1 aliphatic heterocycles. The van der Waals surface area contributed by atoms with Gasteiger partial charge in [0.05, 0.1) is 0 Å². The van der Waals surface area contributed by atoms with E-state index in [2.05, 4.69) is 16.9 Å². The number of aromatic nitrogens is 1. The fourth-order valence-electron chi connectivity index (χ4n) is 3.54. The van der Waals surface area contributed by atoms with Crippen molar-refractivity contribution in [3.8, 4) is 0 Å². The molecule has 2 heterocycles. The first kappa shape index (κ1) is 18.7. The van der Waals surface area contributed by atoms with Crippen LogP contribution in [0.5, 0.6) is 0 Å². The SMILES string of the molecule is CNS(=O)(=O)c1cc(C(=O)N2CCCC2CCc2ccccc2)n(C)c1. The first-order valence-corrected chi connectivity index (χ1v) is 10.4. The number of nitrogens with zero attached hydrogens (tertiary/aromatic N) is 2. The zero-order valence-electron chi connectivity index (χ0n) is 15.2. The fourth-order valence-corrected chi connectivity index (χ4v) is 4.34. The maximum absolute atomic E-state index is 13.0. The second-order valence-electron chi connectivity index (χ2n) is 6.70. The highest BCUT2D eigenvalue weighted by atomic mass is 32.2. The maximum atomic E-state index is 13.0. The van der Waals surface area contributed by atoms with Crippen LogP contribution in [0.15, 0.2) is 47.5 Å². The Morgan fingerprint density at radius 1 is 1.27 bits per heavy atom. The van der Waals surface area contributed by atoms with Crippen LogP contribution in [0.1, 0.15) is 35.3 Å². The largest absolute Gasteiger partial charge is 0.345 e. The third-order valence-electron chi connectivity index (χ3n) is 5.03. The molecule has 1 fully saturated rings. The maximum Gasteiger partial charge on any atom is 0.270 e. The van der Waals surface area contributed by atoms with E-state index in [9.17, 15) is 13.2 Å². The van der Waals surface area contributed by atoms with E-state index in [1.807, 2.05) is 23.1 Å². The van der Waals surface area contributed by atoms with Crippen molar-refractivity contribution in [2.45, 2.75) is 36.6 Å². The molecule has 0 spiro atoms. The Morgan fingerprint density at radius 3 is 2.69 bits per heavy atom. The minimum atomic E-state index is -3.56. The van der Waals surface area contributed by atoms with Crippen molar-refractivity contribution in [2.75, 3.05) is 13.6 Å². The lowest BCUT2D eigenvalue weighted by molar-refractivity contribution is 0.0721. The quantitative estimate of drug-likeness (QED) is 0.841. The van der Waals surface area contributed by atoms with Gasteiger partial charge in [-0.1, -0.05) is 30.3 Å². The van der Waals surface area contributed by atoms with E-state index in [0.717, 1.165) is 32.2 Å². The van der Waals surface area contributed by atoms with Crippen LogP contribution in [0.2, 0.25) is 0 Å². The third-order valence-corrected chi connectivity index (χ3v) is 6.41. The van der Waals surface area contributed by atoms with Gasteiger partial charge in [-0.15, -0.1) is 0 Å². The van der Waals surface area contributed by atoms with E-state index in [4.69, 9.17) is 0 Å². The molecule has 0 saturated carbocycles. The number of sulfonamides is 1. The second kappa shape index (κ2) is 7.63. The zero-order chi connectivity index (χ0) is 18.7. The first-order valence-electron chi connectivity index (χ1n) is 8.87. The van der Waals surface area contributed by atoms with Gasteiger partial charge in [-0.2, -0.15) is 0 Å². The molecule has 0 aliphatic carbocycles. The summed E-state index contributed by atoms with van der Waals surface area (Å²) in [5.41, 5.74) is 1.68. The zero-order valence-corrected chi connectivity index (χ0v) is 16.0. The number of rotatable bonds is 6. The van der Waals surface area contributed by atoms with E-state index in [1.165, 1.54) is 24.9 Å². The summed E-state index contributed by atoms with van der Waals surface area (Å²) in [5.74, 6) is -0.0967. The van der Waals surface area contributed by atoms with Gasteiger partial charge in [0.25, 0.3) is 5.91 Å². The van der Waals surface area contributed by atoms with E-state index in [0.29, 0.717) is 5.69 Å². The molecular formula is C19H25N3O3S. The Morgan fingerprint density at radius 2 is 2.00 bits per heavy atom. The molecule has 140 valence electrons. The first-order chi connectivity index (χ1) is 12.4. The third kappa shape index (κ3) is 3.83. The van der Waals surface area contributed by atoms with Crippen LogP contribution in [0, 0.1) is 0 Å². The summed E-state index contributed by atoms with van der Waals surface area (Å²) >= 11 is 0.